The number of rotatable bonds is 6. The Morgan fingerprint density at radius 1 is 1.29 bits per heavy atom. The van der Waals surface area contributed by atoms with Crippen LogP contribution in [0.4, 0.5) is 13.2 Å². The molecule has 3 rings (SSSR count). The number of hydrogen-bond donors (Lipinski definition) is 1. The minimum absolute atomic E-state index is 0.0704. The lowest BCUT2D eigenvalue weighted by molar-refractivity contribution is -0.139. The summed E-state index contributed by atoms with van der Waals surface area (Å²) in [5.41, 5.74) is 0.0404. The predicted molar refractivity (Wildman–Crippen MR) is 97.9 cm³/mol. The lowest BCUT2D eigenvalue weighted by Crippen LogP contribution is -2.33. The molecule has 1 fully saturated rings. The number of halogens is 3. The Morgan fingerprint density at radius 2 is 2.04 bits per heavy atom. The van der Waals surface area contributed by atoms with Gasteiger partial charge in [0.1, 0.15) is 5.75 Å². The molecule has 0 radical (unpaired) electrons. The van der Waals surface area contributed by atoms with Gasteiger partial charge in [-0.25, -0.2) is 0 Å². The Kier molecular flexibility index (Phi) is 6.46. The minimum atomic E-state index is -4.43. The number of amides is 1. The first kappa shape index (κ1) is 20.5. The second-order valence-electron chi connectivity index (χ2n) is 6.33. The average Bonchev–Trinajstić information content (AvgIpc) is 3.14. The maximum Gasteiger partial charge on any atom is 0.417 e. The summed E-state index contributed by atoms with van der Waals surface area (Å²) in [6.07, 6.45) is -1.48. The lowest BCUT2D eigenvalue weighted by atomic mass is 10.2. The molecule has 150 valence electrons. The second kappa shape index (κ2) is 8.83. The highest BCUT2D eigenvalue weighted by Crippen LogP contribution is 2.39. The Bertz CT molecular complexity index is 815. The number of aromatic nitrogens is 1. The van der Waals surface area contributed by atoms with E-state index in [1.807, 2.05) is 0 Å². The summed E-state index contributed by atoms with van der Waals surface area (Å²) in [6, 6.07) is 7.71. The van der Waals surface area contributed by atoms with Crippen LogP contribution in [-0.2, 0) is 17.6 Å². The fourth-order valence-corrected chi connectivity index (χ4v) is 4.14. The highest BCUT2D eigenvalue weighted by Gasteiger charge is 2.35. The van der Waals surface area contributed by atoms with Crippen LogP contribution >= 0.6 is 11.8 Å². The number of aliphatic hydroxyl groups excluding tert-OH is 1. The zero-order valence-electron chi connectivity index (χ0n) is 14.9. The van der Waals surface area contributed by atoms with E-state index in [-0.39, 0.29) is 29.3 Å². The normalized spacial score (nSPS) is 17.0. The first-order chi connectivity index (χ1) is 13.4. The van der Waals surface area contributed by atoms with Crippen LogP contribution in [0.2, 0.25) is 0 Å². The standard InChI is InChI=1S/C19H19F3N2O3S/c20-19(21,22)16-5-7-23-9-17(16)28-15-6-8-24(10-15)18(26)12-27-14-3-1-13(11-25)2-4-14/h1-5,7,9,15,25H,6,8,10-12H2. The van der Waals surface area contributed by atoms with Gasteiger partial charge in [-0.3, -0.25) is 9.78 Å². The SMILES string of the molecule is O=C(COc1ccc(CO)cc1)N1CCC(Sc2cnccc2C(F)(F)F)C1. The number of nitrogens with zero attached hydrogens (tertiary/aromatic N) is 2. The molecular formula is C19H19F3N2O3S. The highest BCUT2D eigenvalue weighted by molar-refractivity contribution is 8.00. The smallest absolute Gasteiger partial charge is 0.417 e. The molecule has 1 aliphatic rings. The number of aliphatic hydroxyl groups is 1. The molecule has 1 atom stereocenters. The molecule has 1 aromatic carbocycles. The van der Waals surface area contributed by atoms with Crippen molar-refractivity contribution in [3.8, 4) is 5.75 Å². The summed E-state index contributed by atoms with van der Waals surface area (Å²) in [5.74, 6) is 0.303. The van der Waals surface area contributed by atoms with Gasteiger partial charge in [0.05, 0.1) is 12.2 Å². The van der Waals surface area contributed by atoms with Gasteiger partial charge >= 0.3 is 6.18 Å². The molecule has 1 saturated heterocycles. The quantitative estimate of drug-likeness (QED) is 0.788. The number of carbonyl (C=O) groups excluding carboxylic acids is 1. The van der Waals surface area contributed by atoms with Gasteiger partial charge in [-0.1, -0.05) is 12.1 Å². The molecule has 0 bridgehead atoms. The Balaban J connectivity index is 1.53. The van der Waals surface area contributed by atoms with Gasteiger partial charge in [-0.2, -0.15) is 13.2 Å². The number of ether oxygens (including phenoxy) is 1. The number of pyridine rings is 1. The van der Waals surface area contributed by atoms with Gasteiger partial charge in [0.25, 0.3) is 5.91 Å². The van der Waals surface area contributed by atoms with Crippen LogP contribution in [0.1, 0.15) is 17.5 Å². The van der Waals surface area contributed by atoms with Crippen molar-refractivity contribution in [2.75, 3.05) is 19.7 Å². The van der Waals surface area contributed by atoms with Crippen molar-refractivity contribution in [3.63, 3.8) is 0 Å². The lowest BCUT2D eigenvalue weighted by Gasteiger charge is -2.18. The van der Waals surface area contributed by atoms with E-state index in [1.54, 1.807) is 29.2 Å². The third kappa shape index (κ3) is 5.17. The molecule has 9 heteroatoms. The number of carbonyl (C=O) groups is 1. The number of hydrogen-bond acceptors (Lipinski definition) is 5. The van der Waals surface area contributed by atoms with E-state index in [0.29, 0.717) is 25.3 Å². The monoisotopic (exact) mass is 412 g/mol. The van der Waals surface area contributed by atoms with E-state index in [4.69, 9.17) is 9.84 Å². The fourth-order valence-electron chi connectivity index (χ4n) is 2.87. The molecule has 2 aromatic rings. The molecule has 28 heavy (non-hydrogen) atoms. The average molecular weight is 412 g/mol. The summed E-state index contributed by atoms with van der Waals surface area (Å²) in [7, 11) is 0. The third-order valence-corrected chi connectivity index (χ3v) is 5.65. The Morgan fingerprint density at radius 3 is 2.71 bits per heavy atom. The zero-order chi connectivity index (χ0) is 20.1. The molecule has 1 aliphatic heterocycles. The molecular weight excluding hydrogens is 393 g/mol. The van der Waals surface area contributed by atoms with Crippen molar-refractivity contribution in [2.45, 2.75) is 29.3 Å². The van der Waals surface area contributed by atoms with E-state index >= 15 is 0 Å². The molecule has 5 nitrogen and oxygen atoms in total. The van der Waals surface area contributed by atoms with E-state index in [2.05, 4.69) is 4.98 Å². The van der Waals surface area contributed by atoms with Crippen LogP contribution in [0.25, 0.3) is 0 Å². The highest BCUT2D eigenvalue weighted by atomic mass is 32.2. The number of likely N-dealkylation sites (tertiary alicyclic amines) is 1. The molecule has 0 spiro atoms. The van der Waals surface area contributed by atoms with Gasteiger partial charge in [0, 0.05) is 35.6 Å². The van der Waals surface area contributed by atoms with Crippen LogP contribution < -0.4 is 4.74 Å². The summed E-state index contributed by atoms with van der Waals surface area (Å²) >= 11 is 1.10. The first-order valence-electron chi connectivity index (χ1n) is 8.65. The Labute approximate surface area is 164 Å². The Hall–Kier alpha value is -2.26. The summed E-state index contributed by atoms with van der Waals surface area (Å²) in [4.78, 5) is 17.8. The molecule has 0 aliphatic carbocycles. The van der Waals surface area contributed by atoms with E-state index in [9.17, 15) is 18.0 Å². The van der Waals surface area contributed by atoms with Crippen LogP contribution in [0.5, 0.6) is 5.75 Å². The zero-order valence-corrected chi connectivity index (χ0v) is 15.7. The van der Waals surface area contributed by atoms with Gasteiger partial charge in [0.2, 0.25) is 0 Å². The molecule has 2 heterocycles. The summed E-state index contributed by atoms with van der Waals surface area (Å²) < 4.78 is 44.8. The predicted octanol–water partition coefficient (Wildman–Crippen LogP) is 3.36. The third-order valence-electron chi connectivity index (χ3n) is 4.35. The number of thioether (sulfide) groups is 1. The summed E-state index contributed by atoms with van der Waals surface area (Å²) in [6.45, 7) is 0.628. The van der Waals surface area contributed by atoms with Crippen molar-refractivity contribution >= 4 is 17.7 Å². The maximum absolute atomic E-state index is 13.1. The van der Waals surface area contributed by atoms with Crippen molar-refractivity contribution in [2.24, 2.45) is 0 Å². The largest absolute Gasteiger partial charge is 0.484 e. The van der Waals surface area contributed by atoms with Gasteiger partial charge in [-0.15, -0.1) is 11.8 Å². The van der Waals surface area contributed by atoms with Crippen LogP contribution in [0.3, 0.4) is 0 Å². The fraction of sp³-hybridized carbons (Fsp3) is 0.368. The van der Waals surface area contributed by atoms with Crippen LogP contribution in [-0.4, -0.2) is 45.8 Å². The molecule has 1 N–H and O–H groups in total. The summed E-state index contributed by atoms with van der Waals surface area (Å²) in [5, 5.41) is 8.89. The van der Waals surface area contributed by atoms with E-state index in [0.717, 1.165) is 29.6 Å². The van der Waals surface area contributed by atoms with E-state index in [1.165, 1.54) is 6.20 Å². The second-order valence-corrected chi connectivity index (χ2v) is 7.67. The van der Waals surface area contributed by atoms with Crippen LogP contribution in [0, 0.1) is 0 Å². The van der Waals surface area contributed by atoms with Gasteiger partial charge in [-0.05, 0) is 30.2 Å². The molecule has 1 unspecified atom stereocenters. The first-order valence-corrected chi connectivity index (χ1v) is 9.53. The topological polar surface area (TPSA) is 62.7 Å². The minimum Gasteiger partial charge on any atom is -0.484 e. The van der Waals surface area contributed by atoms with Crippen molar-refractivity contribution < 1.29 is 27.8 Å². The van der Waals surface area contributed by atoms with Gasteiger partial charge < -0.3 is 14.7 Å². The van der Waals surface area contributed by atoms with Crippen molar-refractivity contribution in [3.05, 3.63) is 53.9 Å². The van der Waals surface area contributed by atoms with Crippen molar-refractivity contribution in [1.29, 1.82) is 0 Å². The molecule has 1 aromatic heterocycles. The number of benzene rings is 1. The molecule has 0 saturated carbocycles. The van der Waals surface area contributed by atoms with Gasteiger partial charge in [0.15, 0.2) is 6.61 Å². The maximum atomic E-state index is 13.1. The van der Waals surface area contributed by atoms with E-state index < -0.39 is 11.7 Å². The molecule has 1 amide bonds. The van der Waals surface area contributed by atoms with Crippen molar-refractivity contribution in [1.82, 2.24) is 9.88 Å². The van der Waals surface area contributed by atoms with Crippen LogP contribution in [0.15, 0.2) is 47.6 Å². The number of alkyl halides is 3.